The molecule has 1 fully saturated rings. The molecule has 1 saturated carbocycles. The number of pyridine rings is 1. The van der Waals surface area contributed by atoms with Gasteiger partial charge in [-0.15, -0.1) is 0 Å². The molecule has 4 N–H and O–H groups in total. The van der Waals surface area contributed by atoms with E-state index in [4.69, 9.17) is 22.3 Å². The maximum absolute atomic E-state index is 11.7. The minimum atomic E-state index is -0.684. The van der Waals surface area contributed by atoms with Gasteiger partial charge in [-0.2, -0.15) is 0 Å². The summed E-state index contributed by atoms with van der Waals surface area (Å²) < 4.78 is 0. The molecule has 0 unspecified atom stereocenters. The molecule has 0 spiro atoms. The zero-order valence-corrected chi connectivity index (χ0v) is 18.2. The predicted molar refractivity (Wildman–Crippen MR) is 125 cm³/mol. The van der Waals surface area contributed by atoms with Crippen molar-refractivity contribution in [3.8, 4) is 28.1 Å². The molecule has 0 saturated heterocycles. The second-order valence-corrected chi connectivity index (χ2v) is 8.71. The normalized spacial score (nSPS) is 18.5. The van der Waals surface area contributed by atoms with E-state index >= 15 is 0 Å². The average molecular weight is 436 g/mol. The third kappa shape index (κ3) is 4.83. The van der Waals surface area contributed by atoms with Gasteiger partial charge in [0.1, 0.15) is 11.6 Å². The monoisotopic (exact) mass is 435 g/mol. The molecule has 2 aromatic carbocycles. The molecule has 1 heterocycles. The van der Waals surface area contributed by atoms with Gasteiger partial charge in [-0.05, 0) is 73.6 Å². The van der Waals surface area contributed by atoms with E-state index in [0.717, 1.165) is 35.7 Å². The van der Waals surface area contributed by atoms with Crippen molar-refractivity contribution in [2.24, 2.45) is 11.7 Å². The molecular formula is C25H26ClN3O2. The summed E-state index contributed by atoms with van der Waals surface area (Å²) >= 11 is 6.47. The summed E-state index contributed by atoms with van der Waals surface area (Å²) in [6.07, 6.45) is 4.63. The number of carbonyl (C=O) groups excluding carboxylic acids is 1. The van der Waals surface area contributed by atoms with Crippen molar-refractivity contribution in [3.05, 3.63) is 65.2 Å². The number of amides is 1. The van der Waals surface area contributed by atoms with E-state index < -0.39 is 5.91 Å². The fourth-order valence-electron chi connectivity index (χ4n) is 4.11. The SMILES string of the molecule is CC1CCC(Nc2cc(-c3ccccc3Cl)cc(-c3ccc(O)c(C(N)=O)c3)n2)CC1. The van der Waals surface area contributed by atoms with Crippen LogP contribution >= 0.6 is 11.6 Å². The Labute approximate surface area is 187 Å². The van der Waals surface area contributed by atoms with Crippen molar-refractivity contribution in [2.45, 2.75) is 38.6 Å². The van der Waals surface area contributed by atoms with Gasteiger partial charge in [0.25, 0.3) is 5.91 Å². The molecule has 1 aliphatic rings. The number of hydrogen-bond donors (Lipinski definition) is 3. The first-order chi connectivity index (χ1) is 14.9. The van der Waals surface area contributed by atoms with Gasteiger partial charge in [0, 0.05) is 22.2 Å². The Kier molecular flexibility index (Phi) is 6.14. The number of aromatic hydroxyl groups is 1. The highest BCUT2D eigenvalue weighted by atomic mass is 35.5. The highest BCUT2D eigenvalue weighted by Gasteiger charge is 2.19. The number of halogens is 1. The van der Waals surface area contributed by atoms with Crippen LogP contribution in [0.3, 0.4) is 0 Å². The van der Waals surface area contributed by atoms with Crippen LogP contribution in [0.25, 0.3) is 22.4 Å². The van der Waals surface area contributed by atoms with Gasteiger partial charge in [0.2, 0.25) is 0 Å². The third-order valence-electron chi connectivity index (χ3n) is 5.94. The van der Waals surface area contributed by atoms with Gasteiger partial charge < -0.3 is 16.2 Å². The second kappa shape index (κ2) is 8.98. The molecular weight excluding hydrogens is 410 g/mol. The van der Waals surface area contributed by atoms with Crippen molar-refractivity contribution in [1.82, 2.24) is 4.98 Å². The first-order valence-corrected chi connectivity index (χ1v) is 10.9. The summed E-state index contributed by atoms with van der Waals surface area (Å²) in [7, 11) is 0. The first kappa shape index (κ1) is 21.2. The number of primary amides is 1. The van der Waals surface area contributed by atoms with Crippen molar-refractivity contribution in [2.75, 3.05) is 5.32 Å². The largest absolute Gasteiger partial charge is 0.507 e. The fourth-order valence-corrected chi connectivity index (χ4v) is 4.35. The number of nitrogens with two attached hydrogens (primary N) is 1. The van der Waals surface area contributed by atoms with E-state index in [1.807, 2.05) is 36.4 Å². The molecule has 31 heavy (non-hydrogen) atoms. The Hall–Kier alpha value is -3.05. The minimum absolute atomic E-state index is 0.0678. The molecule has 0 aliphatic heterocycles. The molecule has 1 amide bonds. The molecule has 5 nitrogen and oxygen atoms in total. The Morgan fingerprint density at radius 1 is 1.06 bits per heavy atom. The van der Waals surface area contributed by atoms with Crippen LogP contribution in [0.5, 0.6) is 5.75 Å². The fraction of sp³-hybridized carbons (Fsp3) is 0.280. The molecule has 0 radical (unpaired) electrons. The zero-order valence-electron chi connectivity index (χ0n) is 17.4. The number of benzene rings is 2. The summed E-state index contributed by atoms with van der Waals surface area (Å²) in [5, 5.41) is 14.2. The molecule has 0 bridgehead atoms. The Morgan fingerprint density at radius 3 is 2.52 bits per heavy atom. The maximum Gasteiger partial charge on any atom is 0.252 e. The van der Waals surface area contributed by atoms with Crippen LogP contribution < -0.4 is 11.1 Å². The van der Waals surface area contributed by atoms with E-state index in [2.05, 4.69) is 12.2 Å². The van der Waals surface area contributed by atoms with Crippen LogP contribution in [0, 0.1) is 5.92 Å². The van der Waals surface area contributed by atoms with Crippen molar-refractivity contribution >= 4 is 23.3 Å². The predicted octanol–water partition coefficient (Wildman–Crippen LogP) is 5.86. The lowest BCUT2D eigenvalue weighted by atomic mass is 9.87. The smallest absolute Gasteiger partial charge is 0.252 e. The summed E-state index contributed by atoms with van der Waals surface area (Å²) in [5.74, 6) is 0.699. The molecule has 4 rings (SSSR count). The number of phenols is 1. The quantitative estimate of drug-likeness (QED) is 0.468. The average Bonchev–Trinajstić information content (AvgIpc) is 2.75. The number of hydrogen-bond acceptors (Lipinski definition) is 4. The lowest BCUT2D eigenvalue weighted by molar-refractivity contribution is 0.0998. The Morgan fingerprint density at radius 2 is 1.81 bits per heavy atom. The number of nitrogens with zero attached hydrogens (tertiary/aromatic N) is 1. The Bertz CT molecular complexity index is 1110. The standard InChI is InChI=1S/C25H26ClN3O2/c1-15-6-9-18(10-7-15)28-24-14-17(19-4-2-3-5-21(19)26)13-22(29-24)16-8-11-23(30)20(12-16)25(27)31/h2-5,8,11-15,18,30H,6-7,9-10H2,1H3,(H2,27,31)(H,28,29). The van der Waals surface area contributed by atoms with Crippen LogP contribution in [0.2, 0.25) is 5.02 Å². The lowest BCUT2D eigenvalue weighted by Crippen LogP contribution is -2.25. The zero-order chi connectivity index (χ0) is 22.0. The van der Waals surface area contributed by atoms with Crippen molar-refractivity contribution in [1.29, 1.82) is 0 Å². The van der Waals surface area contributed by atoms with E-state index in [1.165, 1.54) is 18.9 Å². The van der Waals surface area contributed by atoms with Crippen LogP contribution in [-0.4, -0.2) is 22.0 Å². The van der Waals surface area contributed by atoms with E-state index in [-0.39, 0.29) is 11.3 Å². The second-order valence-electron chi connectivity index (χ2n) is 8.30. The molecule has 1 aromatic heterocycles. The summed E-state index contributed by atoms with van der Waals surface area (Å²) in [6.45, 7) is 2.30. The van der Waals surface area contributed by atoms with Crippen LogP contribution in [0.1, 0.15) is 43.0 Å². The summed E-state index contributed by atoms with van der Waals surface area (Å²) in [5.41, 5.74) is 8.69. The van der Waals surface area contributed by atoms with E-state index in [9.17, 15) is 9.90 Å². The molecule has 0 atom stereocenters. The van der Waals surface area contributed by atoms with Gasteiger partial charge >= 0.3 is 0 Å². The highest BCUT2D eigenvalue weighted by molar-refractivity contribution is 6.33. The number of carbonyl (C=O) groups is 1. The van der Waals surface area contributed by atoms with Crippen molar-refractivity contribution in [3.63, 3.8) is 0 Å². The summed E-state index contributed by atoms with van der Waals surface area (Å²) in [6, 6.07) is 16.8. The topological polar surface area (TPSA) is 88.2 Å². The van der Waals surface area contributed by atoms with Crippen LogP contribution in [-0.2, 0) is 0 Å². The number of aromatic nitrogens is 1. The molecule has 1 aliphatic carbocycles. The first-order valence-electron chi connectivity index (χ1n) is 10.6. The molecule has 6 heteroatoms. The van der Waals surface area contributed by atoms with Gasteiger partial charge in [-0.25, -0.2) is 4.98 Å². The van der Waals surface area contributed by atoms with E-state index in [1.54, 1.807) is 12.1 Å². The lowest BCUT2D eigenvalue weighted by Gasteiger charge is -2.27. The number of nitrogens with one attached hydrogen (secondary N) is 1. The van der Waals surface area contributed by atoms with E-state index in [0.29, 0.717) is 22.3 Å². The number of rotatable bonds is 5. The maximum atomic E-state index is 11.7. The molecule has 3 aromatic rings. The Balaban J connectivity index is 1.77. The number of anilines is 1. The minimum Gasteiger partial charge on any atom is -0.507 e. The third-order valence-corrected chi connectivity index (χ3v) is 6.27. The van der Waals surface area contributed by atoms with Gasteiger partial charge in [0.05, 0.1) is 11.3 Å². The van der Waals surface area contributed by atoms with Gasteiger partial charge in [-0.3, -0.25) is 4.79 Å². The molecule has 160 valence electrons. The van der Waals surface area contributed by atoms with Gasteiger partial charge in [-0.1, -0.05) is 36.7 Å². The highest BCUT2D eigenvalue weighted by Crippen LogP contribution is 2.34. The van der Waals surface area contributed by atoms with Crippen molar-refractivity contribution < 1.29 is 9.90 Å². The summed E-state index contributed by atoms with van der Waals surface area (Å²) in [4.78, 5) is 16.5. The van der Waals surface area contributed by atoms with Gasteiger partial charge in [0.15, 0.2) is 0 Å². The van der Waals surface area contributed by atoms with Crippen LogP contribution in [0.15, 0.2) is 54.6 Å². The van der Waals surface area contributed by atoms with Crippen LogP contribution in [0.4, 0.5) is 5.82 Å².